The minimum atomic E-state index is -1.29. The quantitative estimate of drug-likeness (QED) is 0.169. The number of rotatable bonds is 14. The Hall–Kier alpha value is -2.24. The third kappa shape index (κ3) is 9.68. The number of nitrogens with one attached hydrogen (secondary N) is 2. The minimum Gasteiger partial charge on any atom is -0.394 e. The van der Waals surface area contributed by atoms with Crippen LogP contribution in [-0.4, -0.2) is 83.2 Å². The molecule has 0 aromatic carbocycles. The van der Waals surface area contributed by atoms with Gasteiger partial charge in [-0.25, -0.2) is 0 Å². The van der Waals surface area contributed by atoms with E-state index in [0.717, 1.165) is 11.3 Å². The second-order valence-corrected chi connectivity index (χ2v) is 6.97. The molecule has 11 heteroatoms. The number of nitrogens with two attached hydrogens (primary N) is 2. The van der Waals surface area contributed by atoms with Crippen molar-refractivity contribution in [2.75, 3.05) is 20.2 Å². The fourth-order valence-electron chi connectivity index (χ4n) is 2.55. The van der Waals surface area contributed by atoms with Gasteiger partial charge >= 0.3 is 0 Å². The van der Waals surface area contributed by atoms with Gasteiger partial charge in [0.05, 0.1) is 12.7 Å². The second kappa shape index (κ2) is 13.9. The molecule has 1 unspecified atom stereocenters. The van der Waals surface area contributed by atoms with E-state index in [1.807, 2.05) is 6.92 Å². The molecule has 29 heavy (non-hydrogen) atoms. The summed E-state index contributed by atoms with van der Waals surface area (Å²) >= 11 is 0. The lowest BCUT2D eigenvalue weighted by Gasteiger charge is -2.30. The van der Waals surface area contributed by atoms with Crippen LogP contribution < -0.4 is 22.1 Å². The highest BCUT2D eigenvalue weighted by Crippen LogP contribution is 2.05. The van der Waals surface area contributed by atoms with Gasteiger partial charge in [-0.3, -0.25) is 19.2 Å². The highest BCUT2D eigenvalue weighted by molar-refractivity contribution is 5.92. The standard InChI is InChI=1S/C18H35N5O6/c1-4-7-14(26)21-9-6-5-8-12(16(20)27)22-17(28)13(10-24)23(3)18(29)15(19)11(2)25/h11-13,15,24-25H,4-10,19H2,1-3H3,(H2,20,27)(H,21,26)(H,22,28)/t11?,12-,13-,15-/m0/s1. The highest BCUT2D eigenvalue weighted by Gasteiger charge is 2.32. The number of hydrogen-bond donors (Lipinski definition) is 6. The molecule has 4 atom stereocenters. The molecule has 8 N–H and O–H groups in total. The molecule has 0 radical (unpaired) electrons. The van der Waals surface area contributed by atoms with E-state index in [9.17, 15) is 29.4 Å². The first-order chi connectivity index (χ1) is 13.6. The van der Waals surface area contributed by atoms with Crippen molar-refractivity contribution in [2.24, 2.45) is 11.5 Å². The number of hydrogen-bond acceptors (Lipinski definition) is 7. The van der Waals surface area contributed by atoms with Gasteiger partial charge in [0.15, 0.2) is 0 Å². The maximum atomic E-state index is 12.4. The fraction of sp³-hybridized carbons (Fsp3) is 0.778. The van der Waals surface area contributed by atoms with Crippen LogP contribution in [0.3, 0.4) is 0 Å². The zero-order chi connectivity index (χ0) is 22.6. The van der Waals surface area contributed by atoms with Gasteiger partial charge in [-0.15, -0.1) is 0 Å². The SMILES string of the molecule is CCCC(=O)NCCCC[C@H](NC(=O)[C@H](CO)N(C)C(=O)[C@@H](N)C(C)O)C(N)=O. The lowest BCUT2D eigenvalue weighted by atomic mass is 10.1. The monoisotopic (exact) mass is 417 g/mol. The van der Waals surface area contributed by atoms with Crippen LogP contribution in [0.15, 0.2) is 0 Å². The minimum absolute atomic E-state index is 0.0406. The number of amides is 4. The van der Waals surface area contributed by atoms with Gasteiger partial charge in [0.1, 0.15) is 18.1 Å². The average Bonchev–Trinajstić information content (AvgIpc) is 2.65. The summed E-state index contributed by atoms with van der Waals surface area (Å²) in [6, 6.07) is -3.53. The molecule has 0 aliphatic heterocycles. The van der Waals surface area contributed by atoms with Gasteiger partial charge in [0, 0.05) is 20.0 Å². The van der Waals surface area contributed by atoms with Crippen molar-refractivity contribution in [2.45, 2.75) is 70.2 Å². The van der Waals surface area contributed by atoms with Crippen LogP contribution in [0, 0.1) is 0 Å². The summed E-state index contributed by atoms with van der Waals surface area (Å²) in [4.78, 5) is 48.6. The molecule has 0 aliphatic rings. The summed E-state index contributed by atoms with van der Waals surface area (Å²) in [6.45, 7) is 2.99. The first kappa shape index (κ1) is 26.8. The average molecular weight is 418 g/mol. The second-order valence-electron chi connectivity index (χ2n) is 6.97. The van der Waals surface area contributed by atoms with E-state index >= 15 is 0 Å². The lowest BCUT2D eigenvalue weighted by Crippen LogP contribution is -2.58. The number of carbonyl (C=O) groups excluding carboxylic acids is 4. The molecular weight excluding hydrogens is 382 g/mol. The molecule has 0 aliphatic carbocycles. The Labute approximate surface area is 171 Å². The van der Waals surface area contributed by atoms with Crippen molar-refractivity contribution in [3.8, 4) is 0 Å². The van der Waals surface area contributed by atoms with Gasteiger partial charge in [-0.05, 0) is 32.6 Å². The number of likely N-dealkylation sites (N-methyl/N-ethyl adjacent to an activating group) is 1. The van der Waals surface area contributed by atoms with Crippen molar-refractivity contribution >= 4 is 23.6 Å². The lowest BCUT2D eigenvalue weighted by molar-refractivity contribution is -0.143. The first-order valence-electron chi connectivity index (χ1n) is 9.74. The molecule has 0 aromatic rings. The zero-order valence-corrected chi connectivity index (χ0v) is 17.4. The molecule has 0 fully saturated rings. The summed E-state index contributed by atoms with van der Waals surface area (Å²) in [7, 11) is 1.27. The number of nitrogens with zero attached hydrogens (tertiary/aromatic N) is 1. The Bertz CT molecular complexity index is 557. The van der Waals surface area contributed by atoms with Crippen molar-refractivity contribution in [3.63, 3.8) is 0 Å². The van der Waals surface area contributed by atoms with Gasteiger partial charge in [0.25, 0.3) is 0 Å². The third-order valence-electron chi connectivity index (χ3n) is 4.47. The molecule has 0 saturated heterocycles. The van der Waals surface area contributed by atoms with Gasteiger partial charge in [-0.1, -0.05) is 6.92 Å². The highest BCUT2D eigenvalue weighted by atomic mass is 16.3. The normalized spacial score (nSPS) is 15.0. The van der Waals surface area contributed by atoms with Crippen LogP contribution in [0.2, 0.25) is 0 Å². The summed E-state index contributed by atoms with van der Waals surface area (Å²) < 4.78 is 0. The van der Waals surface area contributed by atoms with Crippen LogP contribution in [0.25, 0.3) is 0 Å². The van der Waals surface area contributed by atoms with Gasteiger partial charge in [0.2, 0.25) is 23.6 Å². The molecule has 0 saturated carbocycles. The number of carbonyl (C=O) groups is 4. The smallest absolute Gasteiger partial charge is 0.245 e. The summed E-state index contributed by atoms with van der Waals surface area (Å²) in [5.74, 6) is -2.28. The number of unbranched alkanes of at least 4 members (excludes halogenated alkanes) is 1. The Morgan fingerprint density at radius 3 is 2.28 bits per heavy atom. The summed E-state index contributed by atoms with van der Waals surface area (Å²) in [5.41, 5.74) is 10.9. The molecular formula is C18H35N5O6. The Kier molecular flexibility index (Phi) is 12.8. The van der Waals surface area contributed by atoms with E-state index in [4.69, 9.17) is 11.5 Å². The van der Waals surface area contributed by atoms with E-state index in [-0.39, 0.29) is 12.3 Å². The number of aliphatic hydroxyl groups is 2. The number of primary amides is 1. The Morgan fingerprint density at radius 2 is 1.79 bits per heavy atom. The summed E-state index contributed by atoms with van der Waals surface area (Å²) in [6.07, 6.45) is 1.43. The van der Waals surface area contributed by atoms with E-state index in [1.54, 1.807) is 0 Å². The summed E-state index contributed by atoms with van der Waals surface area (Å²) in [5, 5.41) is 24.1. The Morgan fingerprint density at radius 1 is 1.17 bits per heavy atom. The maximum Gasteiger partial charge on any atom is 0.245 e. The molecule has 0 spiro atoms. The van der Waals surface area contributed by atoms with Crippen LogP contribution >= 0.6 is 0 Å². The predicted octanol–water partition coefficient (Wildman–Crippen LogP) is -2.43. The zero-order valence-electron chi connectivity index (χ0n) is 17.4. The van der Waals surface area contributed by atoms with Crippen LogP contribution in [-0.2, 0) is 19.2 Å². The van der Waals surface area contributed by atoms with Crippen molar-refractivity contribution in [1.82, 2.24) is 15.5 Å². The predicted molar refractivity (Wildman–Crippen MR) is 106 cm³/mol. The van der Waals surface area contributed by atoms with E-state index < -0.39 is 48.6 Å². The van der Waals surface area contributed by atoms with Crippen LogP contribution in [0.5, 0.6) is 0 Å². The van der Waals surface area contributed by atoms with Crippen molar-refractivity contribution in [1.29, 1.82) is 0 Å². The largest absolute Gasteiger partial charge is 0.394 e. The molecule has 168 valence electrons. The van der Waals surface area contributed by atoms with E-state index in [1.165, 1.54) is 14.0 Å². The molecule has 0 bridgehead atoms. The fourth-order valence-corrected chi connectivity index (χ4v) is 2.55. The third-order valence-corrected chi connectivity index (χ3v) is 4.47. The number of aliphatic hydroxyl groups excluding tert-OH is 2. The van der Waals surface area contributed by atoms with E-state index in [2.05, 4.69) is 10.6 Å². The maximum absolute atomic E-state index is 12.4. The van der Waals surface area contributed by atoms with Crippen LogP contribution in [0.4, 0.5) is 0 Å². The molecule has 0 rings (SSSR count). The Balaban J connectivity index is 4.71. The molecule has 11 nitrogen and oxygen atoms in total. The molecule has 4 amide bonds. The van der Waals surface area contributed by atoms with Crippen molar-refractivity contribution in [3.05, 3.63) is 0 Å². The van der Waals surface area contributed by atoms with Gasteiger partial charge in [-0.2, -0.15) is 0 Å². The van der Waals surface area contributed by atoms with Gasteiger partial charge < -0.3 is 37.2 Å². The topological polar surface area (TPSA) is 188 Å². The van der Waals surface area contributed by atoms with E-state index in [0.29, 0.717) is 25.8 Å². The molecule has 0 heterocycles. The van der Waals surface area contributed by atoms with Crippen LogP contribution in [0.1, 0.15) is 46.0 Å². The molecule has 0 aromatic heterocycles. The van der Waals surface area contributed by atoms with Crippen molar-refractivity contribution < 1.29 is 29.4 Å². The first-order valence-corrected chi connectivity index (χ1v) is 9.74.